The SMILES string of the molecule is Cl.Cl.Cl.Cl.Cl.Cl.[Ru].[Ru]. The van der Waals surface area contributed by atoms with Gasteiger partial charge in [0, 0.05) is 39.0 Å². The first-order chi connectivity index (χ1) is 0. The molecular formula is H6Cl6Ru2. The number of halogens is 6. The molecule has 0 saturated heterocycles. The van der Waals surface area contributed by atoms with Gasteiger partial charge >= 0.3 is 0 Å². The second-order valence-corrected chi connectivity index (χ2v) is 0. The summed E-state index contributed by atoms with van der Waals surface area (Å²) in [7, 11) is 0. The third-order valence-corrected chi connectivity index (χ3v) is 0. The quantitative estimate of drug-likeness (QED) is 0.528. The topological polar surface area (TPSA) is 0 Å². The van der Waals surface area contributed by atoms with Gasteiger partial charge in [-0.15, -0.1) is 74.4 Å². The van der Waals surface area contributed by atoms with Crippen molar-refractivity contribution < 1.29 is 39.0 Å². The fourth-order valence-corrected chi connectivity index (χ4v) is 0. The minimum Gasteiger partial charge on any atom is -0.147 e. The molecule has 0 N–H and O–H groups in total. The van der Waals surface area contributed by atoms with E-state index in [9.17, 15) is 0 Å². The molecule has 0 unspecified atom stereocenters. The zero-order valence-corrected chi connectivity index (χ0v) is 11.5. The number of hydrogen-bond acceptors (Lipinski definition) is 0. The summed E-state index contributed by atoms with van der Waals surface area (Å²) in [5.74, 6) is 0. The van der Waals surface area contributed by atoms with Crippen molar-refractivity contribution in [3.05, 3.63) is 0 Å². The molecule has 0 aromatic rings. The molecule has 0 nitrogen and oxygen atoms in total. The summed E-state index contributed by atoms with van der Waals surface area (Å²) < 4.78 is 0. The van der Waals surface area contributed by atoms with Crippen LogP contribution < -0.4 is 0 Å². The van der Waals surface area contributed by atoms with E-state index in [-0.39, 0.29) is 113 Å². The Morgan fingerprint density at radius 3 is 0.250 bits per heavy atom. The van der Waals surface area contributed by atoms with Crippen molar-refractivity contribution in [3.63, 3.8) is 0 Å². The molecule has 0 heterocycles. The van der Waals surface area contributed by atoms with E-state index < -0.39 is 0 Å². The predicted octanol–water partition coefficient (Wildman–Crippen LogP) is 2.53. The van der Waals surface area contributed by atoms with Crippen molar-refractivity contribution in [2.45, 2.75) is 0 Å². The first-order valence-corrected chi connectivity index (χ1v) is 0. The Labute approximate surface area is 112 Å². The van der Waals surface area contributed by atoms with Crippen molar-refractivity contribution in [2.75, 3.05) is 0 Å². The number of hydrogen-bond donors (Lipinski definition) is 0. The van der Waals surface area contributed by atoms with Crippen LogP contribution in [-0.4, -0.2) is 0 Å². The molecule has 0 aromatic carbocycles. The van der Waals surface area contributed by atoms with E-state index in [1.54, 1.807) is 0 Å². The minimum atomic E-state index is 0. The van der Waals surface area contributed by atoms with E-state index in [2.05, 4.69) is 0 Å². The predicted molar refractivity (Wildman–Crippen MR) is 43.5 cm³/mol. The fraction of sp³-hybridized carbons (Fsp3) is 0. The van der Waals surface area contributed by atoms with Crippen LogP contribution in [0.4, 0.5) is 0 Å². The maximum Gasteiger partial charge on any atom is 0 e. The van der Waals surface area contributed by atoms with Gasteiger partial charge in [0.2, 0.25) is 0 Å². The van der Waals surface area contributed by atoms with Crippen molar-refractivity contribution in [3.8, 4) is 0 Å². The third kappa shape index (κ3) is 64.3. The summed E-state index contributed by atoms with van der Waals surface area (Å²) in [4.78, 5) is 0. The van der Waals surface area contributed by atoms with Crippen LogP contribution in [-0.2, 0) is 39.0 Å². The van der Waals surface area contributed by atoms with Crippen LogP contribution >= 0.6 is 74.4 Å². The molecule has 0 rings (SSSR count). The van der Waals surface area contributed by atoms with Gasteiger partial charge in [0.05, 0.1) is 0 Å². The molecular weight excluding hydrogens is 415 g/mol. The van der Waals surface area contributed by atoms with Gasteiger partial charge in [0.15, 0.2) is 0 Å². The molecule has 0 aliphatic heterocycles. The maximum absolute atomic E-state index is 0. The zero-order valence-electron chi connectivity index (χ0n) is 3.16. The van der Waals surface area contributed by atoms with Crippen LogP contribution in [0.5, 0.6) is 0 Å². The Balaban J connectivity index is 0. The van der Waals surface area contributed by atoms with Crippen molar-refractivity contribution in [1.82, 2.24) is 0 Å². The van der Waals surface area contributed by atoms with E-state index in [4.69, 9.17) is 0 Å². The Hall–Kier alpha value is 2.99. The average molecular weight is 421 g/mol. The van der Waals surface area contributed by atoms with Crippen LogP contribution in [0, 0.1) is 0 Å². The normalized spacial score (nSPS) is 0. The van der Waals surface area contributed by atoms with Gasteiger partial charge < -0.3 is 0 Å². The van der Waals surface area contributed by atoms with Crippen LogP contribution in [0.15, 0.2) is 0 Å². The monoisotopic (exact) mass is 420 g/mol. The molecule has 0 atom stereocenters. The van der Waals surface area contributed by atoms with Crippen molar-refractivity contribution >= 4 is 74.4 Å². The molecule has 0 aromatic heterocycles. The Morgan fingerprint density at radius 1 is 0.250 bits per heavy atom. The molecule has 0 fully saturated rings. The van der Waals surface area contributed by atoms with Crippen LogP contribution in [0.3, 0.4) is 0 Å². The Morgan fingerprint density at radius 2 is 0.250 bits per heavy atom. The van der Waals surface area contributed by atoms with Gasteiger partial charge in [-0.3, -0.25) is 0 Å². The molecule has 8 heavy (non-hydrogen) atoms. The van der Waals surface area contributed by atoms with Crippen molar-refractivity contribution in [2.24, 2.45) is 0 Å². The second kappa shape index (κ2) is 90.4. The van der Waals surface area contributed by atoms with Crippen LogP contribution in [0.2, 0.25) is 0 Å². The average Bonchev–Trinajstić information content (AvgIpc) is 0. The Bertz CT molecular complexity index is 6.49. The fourth-order valence-electron chi connectivity index (χ4n) is 0. The molecule has 0 aliphatic carbocycles. The zero-order chi connectivity index (χ0) is 0. The maximum atomic E-state index is 0. The van der Waals surface area contributed by atoms with Gasteiger partial charge in [-0.1, -0.05) is 0 Å². The van der Waals surface area contributed by atoms with E-state index in [0.717, 1.165) is 0 Å². The van der Waals surface area contributed by atoms with Gasteiger partial charge in [-0.05, 0) is 0 Å². The summed E-state index contributed by atoms with van der Waals surface area (Å²) in [6.07, 6.45) is 0. The summed E-state index contributed by atoms with van der Waals surface area (Å²) in [5.41, 5.74) is 0. The van der Waals surface area contributed by atoms with Gasteiger partial charge in [0.25, 0.3) is 0 Å². The molecule has 0 aliphatic rings. The smallest absolute Gasteiger partial charge is 0 e. The molecule has 8 heteroatoms. The van der Waals surface area contributed by atoms with E-state index in [0.29, 0.717) is 0 Å². The summed E-state index contributed by atoms with van der Waals surface area (Å²) >= 11 is 0. The van der Waals surface area contributed by atoms with E-state index in [1.165, 1.54) is 0 Å². The summed E-state index contributed by atoms with van der Waals surface area (Å²) in [5, 5.41) is 0. The standard InChI is InChI=1S/6ClH.2Ru/h6*1H;;. The van der Waals surface area contributed by atoms with Gasteiger partial charge in [-0.25, -0.2) is 0 Å². The van der Waals surface area contributed by atoms with Gasteiger partial charge in [0.1, 0.15) is 0 Å². The van der Waals surface area contributed by atoms with E-state index >= 15 is 0 Å². The molecule has 0 spiro atoms. The Kier molecular flexibility index (Phi) is 1390. The number of rotatable bonds is 0. The molecule has 0 amide bonds. The molecule has 0 radical (unpaired) electrons. The summed E-state index contributed by atoms with van der Waals surface area (Å²) in [6.45, 7) is 0. The van der Waals surface area contributed by atoms with E-state index in [1.807, 2.05) is 0 Å². The van der Waals surface area contributed by atoms with Gasteiger partial charge in [-0.2, -0.15) is 0 Å². The molecule has 0 bridgehead atoms. The third-order valence-electron chi connectivity index (χ3n) is 0. The first-order valence-electron chi connectivity index (χ1n) is 0. The molecule has 0 saturated carbocycles. The van der Waals surface area contributed by atoms with Crippen molar-refractivity contribution in [1.29, 1.82) is 0 Å². The minimum absolute atomic E-state index is 0. The summed E-state index contributed by atoms with van der Waals surface area (Å²) in [6, 6.07) is 0. The molecule has 64 valence electrons. The van der Waals surface area contributed by atoms with Crippen LogP contribution in [0.1, 0.15) is 0 Å². The van der Waals surface area contributed by atoms with Crippen LogP contribution in [0.25, 0.3) is 0 Å². The second-order valence-electron chi connectivity index (χ2n) is 0. The first kappa shape index (κ1) is 123. The largest absolute Gasteiger partial charge is 0.147 e.